The molecule has 0 radical (unpaired) electrons. The van der Waals surface area contributed by atoms with Gasteiger partial charge in [-0.2, -0.15) is 0 Å². The molecule has 0 spiro atoms. The molecule has 2 amide bonds. The molecule has 0 bridgehead atoms. The SMILES string of the molecule is O=C(/C=C/c1ccc(Cl)s1)NNC(=O)C1COc2ccccc2O1. The largest absolute Gasteiger partial charge is 0.485 e. The molecular weight excluding hydrogens is 352 g/mol. The zero-order valence-electron chi connectivity index (χ0n) is 12.3. The molecule has 0 fully saturated rings. The summed E-state index contributed by atoms with van der Waals surface area (Å²) < 4.78 is 11.6. The second kappa shape index (κ2) is 7.37. The molecule has 1 unspecified atom stereocenters. The summed E-state index contributed by atoms with van der Waals surface area (Å²) in [7, 11) is 0. The molecule has 0 saturated heterocycles. The number of benzene rings is 1. The first-order valence-corrected chi connectivity index (χ1v) is 8.23. The number of hydrogen-bond acceptors (Lipinski definition) is 5. The highest BCUT2D eigenvalue weighted by Gasteiger charge is 2.27. The summed E-state index contributed by atoms with van der Waals surface area (Å²) in [5, 5.41) is 0. The van der Waals surface area contributed by atoms with Crippen LogP contribution in [0.4, 0.5) is 0 Å². The van der Waals surface area contributed by atoms with Gasteiger partial charge in [-0.15, -0.1) is 11.3 Å². The predicted molar refractivity (Wildman–Crippen MR) is 91.0 cm³/mol. The van der Waals surface area contributed by atoms with E-state index in [2.05, 4.69) is 10.9 Å². The lowest BCUT2D eigenvalue weighted by Crippen LogP contribution is -2.50. The number of nitrogens with one attached hydrogen (secondary N) is 2. The van der Waals surface area contributed by atoms with Crippen molar-refractivity contribution in [2.45, 2.75) is 6.10 Å². The lowest BCUT2D eigenvalue weighted by molar-refractivity contribution is -0.134. The van der Waals surface area contributed by atoms with E-state index in [1.54, 1.807) is 36.4 Å². The van der Waals surface area contributed by atoms with Crippen molar-refractivity contribution >= 4 is 40.8 Å². The second-order valence-corrected chi connectivity index (χ2v) is 6.56. The van der Waals surface area contributed by atoms with E-state index in [-0.39, 0.29) is 6.61 Å². The molecule has 1 aliphatic rings. The monoisotopic (exact) mass is 364 g/mol. The molecule has 2 aromatic rings. The van der Waals surface area contributed by atoms with Gasteiger partial charge in [0.2, 0.25) is 6.10 Å². The fraction of sp³-hybridized carbons (Fsp3) is 0.125. The highest BCUT2D eigenvalue weighted by molar-refractivity contribution is 7.17. The number of halogens is 1. The number of para-hydroxylation sites is 2. The molecular formula is C16H13ClN2O4S. The van der Waals surface area contributed by atoms with Crippen molar-refractivity contribution in [3.63, 3.8) is 0 Å². The van der Waals surface area contributed by atoms with E-state index in [0.717, 1.165) is 4.88 Å². The normalized spacial score (nSPS) is 16.0. The summed E-state index contributed by atoms with van der Waals surface area (Å²) in [5.74, 6) is 0.114. The van der Waals surface area contributed by atoms with Gasteiger partial charge >= 0.3 is 0 Å². The molecule has 3 rings (SSSR count). The Morgan fingerprint density at radius 3 is 2.71 bits per heavy atom. The minimum absolute atomic E-state index is 0.0717. The Morgan fingerprint density at radius 1 is 1.17 bits per heavy atom. The van der Waals surface area contributed by atoms with Crippen LogP contribution in [-0.2, 0) is 9.59 Å². The summed E-state index contributed by atoms with van der Waals surface area (Å²) in [4.78, 5) is 24.6. The highest BCUT2D eigenvalue weighted by atomic mass is 35.5. The van der Waals surface area contributed by atoms with E-state index >= 15 is 0 Å². The molecule has 1 aliphatic heterocycles. The maximum Gasteiger partial charge on any atom is 0.283 e. The molecule has 0 aliphatic carbocycles. The van der Waals surface area contributed by atoms with Crippen LogP contribution < -0.4 is 20.3 Å². The van der Waals surface area contributed by atoms with E-state index in [0.29, 0.717) is 15.8 Å². The first kappa shape index (κ1) is 16.4. The van der Waals surface area contributed by atoms with Crippen LogP contribution in [0.5, 0.6) is 11.5 Å². The van der Waals surface area contributed by atoms with Crippen molar-refractivity contribution in [2.24, 2.45) is 0 Å². The minimum Gasteiger partial charge on any atom is -0.485 e. The zero-order chi connectivity index (χ0) is 16.9. The Bertz CT molecular complexity index is 790. The fourth-order valence-electron chi connectivity index (χ4n) is 1.97. The third-order valence-electron chi connectivity index (χ3n) is 3.10. The van der Waals surface area contributed by atoms with Crippen molar-refractivity contribution in [1.82, 2.24) is 10.9 Å². The van der Waals surface area contributed by atoms with Crippen molar-refractivity contribution < 1.29 is 19.1 Å². The molecule has 6 nitrogen and oxygen atoms in total. The molecule has 2 heterocycles. The number of hydrazine groups is 1. The van der Waals surface area contributed by atoms with Gasteiger partial charge in [0, 0.05) is 11.0 Å². The van der Waals surface area contributed by atoms with Crippen LogP contribution in [0.3, 0.4) is 0 Å². The van der Waals surface area contributed by atoms with E-state index in [1.807, 2.05) is 6.07 Å². The number of carbonyl (C=O) groups excluding carboxylic acids is 2. The van der Waals surface area contributed by atoms with Crippen molar-refractivity contribution in [2.75, 3.05) is 6.61 Å². The maximum absolute atomic E-state index is 12.0. The van der Waals surface area contributed by atoms with Gasteiger partial charge in [-0.05, 0) is 30.3 Å². The van der Waals surface area contributed by atoms with Gasteiger partial charge in [-0.3, -0.25) is 20.4 Å². The van der Waals surface area contributed by atoms with Crippen LogP contribution in [0.1, 0.15) is 4.88 Å². The smallest absolute Gasteiger partial charge is 0.283 e. The van der Waals surface area contributed by atoms with E-state index in [9.17, 15) is 9.59 Å². The van der Waals surface area contributed by atoms with Crippen molar-refractivity contribution in [1.29, 1.82) is 0 Å². The third-order valence-corrected chi connectivity index (χ3v) is 4.30. The Morgan fingerprint density at radius 2 is 1.96 bits per heavy atom. The second-order valence-electron chi connectivity index (χ2n) is 4.82. The molecule has 1 aromatic carbocycles. The molecule has 124 valence electrons. The van der Waals surface area contributed by atoms with Crippen molar-refractivity contribution in [3.05, 3.63) is 51.7 Å². The summed E-state index contributed by atoms with van der Waals surface area (Å²) in [6.45, 7) is 0.0717. The third kappa shape index (κ3) is 4.06. The maximum atomic E-state index is 12.0. The van der Waals surface area contributed by atoms with Gasteiger partial charge in [0.05, 0.1) is 4.34 Å². The van der Waals surface area contributed by atoms with Gasteiger partial charge in [0.25, 0.3) is 11.8 Å². The Kier molecular flexibility index (Phi) is 5.02. The predicted octanol–water partition coefficient (Wildman–Crippen LogP) is 2.40. The first-order chi connectivity index (χ1) is 11.6. The van der Waals surface area contributed by atoms with E-state index in [4.69, 9.17) is 21.1 Å². The minimum atomic E-state index is -0.833. The van der Waals surface area contributed by atoms with Gasteiger partial charge in [-0.1, -0.05) is 23.7 Å². The van der Waals surface area contributed by atoms with Crippen molar-refractivity contribution in [3.8, 4) is 11.5 Å². The Balaban J connectivity index is 1.49. The average Bonchev–Trinajstić information content (AvgIpc) is 3.02. The lowest BCUT2D eigenvalue weighted by atomic mass is 10.2. The molecule has 8 heteroatoms. The molecule has 0 saturated carbocycles. The zero-order valence-corrected chi connectivity index (χ0v) is 13.9. The number of rotatable bonds is 3. The average molecular weight is 365 g/mol. The molecule has 1 atom stereocenters. The Labute approximate surface area is 147 Å². The van der Waals surface area contributed by atoms with Gasteiger partial charge in [0.15, 0.2) is 11.5 Å². The molecule has 2 N–H and O–H groups in total. The Hall–Kier alpha value is -2.51. The van der Waals surface area contributed by atoms with Crippen LogP contribution in [-0.4, -0.2) is 24.5 Å². The van der Waals surface area contributed by atoms with Gasteiger partial charge in [-0.25, -0.2) is 0 Å². The quantitative estimate of drug-likeness (QED) is 0.647. The summed E-state index contributed by atoms with van der Waals surface area (Å²) in [5.41, 5.74) is 4.60. The molecule has 24 heavy (non-hydrogen) atoms. The highest BCUT2D eigenvalue weighted by Crippen LogP contribution is 2.30. The summed E-state index contributed by atoms with van der Waals surface area (Å²) in [6.07, 6.45) is 2.07. The number of hydrogen-bond donors (Lipinski definition) is 2. The number of amides is 2. The number of thiophene rings is 1. The van der Waals surface area contributed by atoms with E-state index < -0.39 is 17.9 Å². The number of fused-ring (bicyclic) bond motifs is 1. The number of carbonyl (C=O) groups is 2. The topological polar surface area (TPSA) is 76.7 Å². The van der Waals surface area contributed by atoms with Gasteiger partial charge < -0.3 is 9.47 Å². The number of ether oxygens (including phenoxy) is 2. The van der Waals surface area contributed by atoms with E-state index in [1.165, 1.54) is 17.4 Å². The van der Waals surface area contributed by atoms with Crippen LogP contribution in [0.25, 0.3) is 6.08 Å². The fourth-order valence-corrected chi connectivity index (χ4v) is 2.93. The standard InChI is InChI=1S/C16H13ClN2O4S/c17-14-7-5-10(24-14)6-8-15(20)18-19-16(21)13-9-22-11-3-1-2-4-12(11)23-13/h1-8,13H,9H2,(H,18,20)(H,19,21)/b8-6+. The van der Waals surface area contributed by atoms with Gasteiger partial charge in [0.1, 0.15) is 6.61 Å². The summed E-state index contributed by atoms with van der Waals surface area (Å²) in [6, 6.07) is 10.6. The van der Waals surface area contributed by atoms with Crippen LogP contribution in [0.15, 0.2) is 42.5 Å². The van der Waals surface area contributed by atoms with Crippen LogP contribution in [0, 0.1) is 0 Å². The lowest BCUT2D eigenvalue weighted by Gasteiger charge is -2.25. The van der Waals surface area contributed by atoms with Crippen LogP contribution in [0.2, 0.25) is 4.34 Å². The summed E-state index contributed by atoms with van der Waals surface area (Å²) >= 11 is 7.15. The first-order valence-electron chi connectivity index (χ1n) is 7.03. The molecule has 1 aromatic heterocycles. The van der Waals surface area contributed by atoms with Crippen LogP contribution >= 0.6 is 22.9 Å².